The normalized spacial score (nSPS) is 11.6. The number of para-hydroxylation sites is 2. The van der Waals surface area contributed by atoms with E-state index in [1.165, 1.54) is 21.8 Å². The summed E-state index contributed by atoms with van der Waals surface area (Å²) in [6.07, 6.45) is 0. The first-order valence-electron chi connectivity index (χ1n) is 14.8. The van der Waals surface area contributed by atoms with Crippen LogP contribution in [0.1, 0.15) is 0 Å². The zero-order chi connectivity index (χ0) is 29.0. The predicted molar refractivity (Wildman–Crippen MR) is 180 cm³/mol. The highest BCUT2D eigenvalue weighted by Crippen LogP contribution is 2.39. The Balaban J connectivity index is 1.31. The molecule has 0 saturated heterocycles. The Morgan fingerprint density at radius 2 is 1.05 bits per heavy atom. The molecule has 44 heavy (non-hydrogen) atoms. The van der Waals surface area contributed by atoms with Gasteiger partial charge in [-0.05, 0) is 42.5 Å². The van der Waals surface area contributed by atoms with Gasteiger partial charge < -0.3 is 8.98 Å². The van der Waals surface area contributed by atoms with Crippen molar-refractivity contribution in [3.8, 4) is 39.6 Å². The van der Waals surface area contributed by atoms with E-state index in [9.17, 15) is 0 Å². The van der Waals surface area contributed by atoms with E-state index >= 15 is 0 Å². The van der Waals surface area contributed by atoms with E-state index in [-0.39, 0.29) is 0 Å². The van der Waals surface area contributed by atoms with Crippen molar-refractivity contribution in [2.24, 2.45) is 0 Å². The molecule has 206 valence electrons. The first kappa shape index (κ1) is 24.6. The smallest absolute Gasteiger partial charge is 0.161 e. The molecule has 0 unspecified atom stereocenters. The van der Waals surface area contributed by atoms with Crippen molar-refractivity contribution in [2.45, 2.75) is 0 Å². The van der Waals surface area contributed by atoms with Gasteiger partial charge in [-0.15, -0.1) is 0 Å². The van der Waals surface area contributed by atoms with Crippen LogP contribution < -0.4 is 0 Å². The Hall–Kier alpha value is -6.00. The molecule has 9 rings (SSSR count). The lowest BCUT2D eigenvalue weighted by Crippen LogP contribution is -1.96. The lowest BCUT2D eigenvalue weighted by Gasteiger charge is -2.10. The molecule has 0 bridgehead atoms. The summed E-state index contributed by atoms with van der Waals surface area (Å²) in [5.74, 6) is 0.667. The fourth-order valence-corrected chi connectivity index (χ4v) is 6.42. The second-order valence-corrected chi connectivity index (χ2v) is 11.0. The summed E-state index contributed by atoms with van der Waals surface area (Å²) in [5.41, 5.74) is 9.87. The zero-order valence-electron chi connectivity index (χ0n) is 23.7. The topological polar surface area (TPSA) is 43.9 Å². The standard InChI is InChI=1S/C40H25N3O/c1-3-12-26(13-4-1)33-25-34(27-14-5-2-6-15-27)42-40(41-33)31-18-11-21-38-39(31)32-24-28(22-23-37(32)44-38)43-35-19-9-7-16-29(35)30-17-8-10-20-36(30)43/h1-25H. The van der Waals surface area contributed by atoms with E-state index in [2.05, 4.69) is 108 Å². The van der Waals surface area contributed by atoms with Crippen molar-refractivity contribution >= 4 is 43.7 Å². The SMILES string of the molecule is c1ccc(-c2cc(-c3ccccc3)nc(-c3cccc4oc5ccc(-n6c7ccccc7c7ccccc76)cc5c34)n2)cc1. The van der Waals surface area contributed by atoms with Crippen molar-refractivity contribution in [3.63, 3.8) is 0 Å². The number of benzene rings is 6. The third-order valence-corrected chi connectivity index (χ3v) is 8.42. The maximum absolute atomic E-state index is 6.43. The van der Waals surface area contributed by atoms with Gasteiger partial charge in [0.15, 0.2) is 5.82 Å². The number of aromatic nitrogens is 3. The van der Waals surface area contributed by atoms with Crippen LogP contribution in [0.2, 0.25) is 0 Å². The summed E-state index contributed by atoms with van der Waals surface area (Å²) in [5, 5.41) is 4.51. The summed E-state index contributed by atoms with van der Waals surface area (Å²) >= 11 is 0. The van der Waals surface area contributed by atoms with Gasteiger partial charge in [0, 0.05) is 43.9 Å². The number of fused-ring (bicyclic) bond motifs is 6. The molecule has 0 saturated carbocycles. The Kier molecular flexibility index (Phi) is 5.47. The van der Waals surface area contributed by atoms with Crippen molar-refractivity contribution in [2.75, 3.05) is 0 Å². The Labute approximate surface area is 253 Å². The molecule has 0 amide bonds. The molecular formula is C40H25N3O. The molecule has 0 spiro atoms. The summed E-state index contributed by atoms with van der Waals surface area (Å²) < 4.78 is 8.77. The summed E-state index contributed by atoms with van der Waals surface area (Å²) in [7, 11) is 0. The molecule has 4 heteroatoms. The lowest BCUT2D eigenvalue weighted by molar-refractivity contribution is 0.669. The zero-order valence-corrected chi connectivity index (χ0v) is 23.7. The number of furan rings is 1. The van der Waals surface area contributed by atoms with Crippen LogP contribution in [0.5, 0.6) is 0 Å². The second-order valence-electron chi connectivity index (χ2n) is 11.0. The molecule has 0 aliphatic rings. The van der Waals surface area contributed by atoms with Crippen LogP contribution in [0, 0.1) is 0 Å². The van der Waals surface area contributed by atoms with Gasteiger partial charge in [-0.25, -0.2) is 9.97 Å². The van der Waals surface area contributed by atoms with Gasteiger partial charge in [0.1, 0.15) is 11.2 Å². The van der Waals surface area contributed by atoms with Crippen LogP contribution in [-0.2, 0) is 0 Å². The van der Waals surface area contributed by atoms with Gasteiger partial charge in [-0.2, -0.15) is 0 Å². The maximum atomic E-state index is 6.43. The maximum Gasteiger partial charge on any atom is 0.161 e. The van der Waals surface area contributed by atoms with Gasteiger partial charge in [-0.3, -0.25) is 0 Å². The van der Waals surface area contributed by atoms with Crippen LogP contribution in [0.15, 0.2) is 156 Å². The second kappa shape index (κ2) is 9.79. The molecule has 0 radical (unpaired) electrons. The van der Waals surface area contributed by atoms with Crippen LogP contribution in [0.3, 0.4) is 0 Å². The summed E-state index contributed by atoms with van der Waals surface area (Å²) in [6, 6.07) is 52.4. The number of rotatable bonds is 4. The molecule has 3 aromatic heterocycles. The van der Waals surface area contributed by atoms with Crippen LogP contribution >= 0.6 is 0 Å². The first-order chi connectivity index (χ1) is 21.8. The van der Waals surface area contributed by atoms with Gasteiger partial charge in [0.05, 0.1) is 22.4 Å². The highest BCUT2D eigenvalue weighted by molar-refractivity contribution is 6.13. The average molecular weight is 564 g/mol. The van der Waals surface area contributed by atoms with E-state index in [1.807, 2.05) is 48.5 Å². The molecule has 3 heterocycles. The van der Waals surface area contributed by atoms with Crippen molar-refractivity contribution < 1.29 is 4.42 Å². The largest absolute Gasteiger partial charge is 0.456 e. The van der Waals surface area contributed by atoms with E-state index in [0.717, 1.165) is 55.7 Å². The van der Waals surface area contributed by atoms with Crippen LogP contribution in [-0.4, -0.2) is 14.5 Å². The quantitative estimate of drug-likeness (QED) is 0.214. The minimum absolute atomic E-state index is 0.667. The monoisotopic (exact) mass is 563 g/mol. The van der Waals surface area contributed by atoms with Crippen molar-refractivity contribution in [3.05, 3.63) is 152 Å². The van der Waals surface area contributed by atoms with E-state index in [0.29, 0.717) is 5.82 Å². The number of hydrogen-bond donors (Lipinski definition) is 0. The third-order valence-electron chi connectivity index (χ3n) is 8.42. The minimum Gasteiger partial charge on any atom is -0.456 e. The highest BCUT2D eigenvalue weighted by Gasteiger charge is 2.19. The minimum atomic E-state index is 0.667. The Morgan fingerprint density at radius 1 is 0.455 bits per heavy atom. The fourth-order valence-electron chi connectivity index (χ4n) is 6.42. The van der Waals surface area contributed by atoms with Crippen molar-refractivity contribution in [1.29, 1.82) is 0 Å². The van der Waals surface area contributed by atoms with Gasteiger partial charge in [0.25, 0.3) is 0 Å². The third kappa shape index (κ3) is 3.85. The first-order valence-corrected chi connectivity index (χ1v) is 14.8. The fraction of sp³-hybridized carbons (Fsp3) is 0. The summed E-state index contributed by atoms with van der Waals surface area (Å²) in [6.45, 7) is 0. The molecule has 6 aromatic carbocycles. The highest BCUT2D eigenvalue weighted by atomic mass is 16.3. The number of nitrogens with zero attached hydrogens (tertiary/aromatic N) is 3. The molecule has 0 aliphatic heterocycles. The molecular weight excluding hydrogens is 538 g/mol. The molecule has 0 aliphatic carbocycles. The Morgan fingerprint density at radius 3 is 1.68 bits per heavy atom. The molecule has 0 fully saturated rings. The van der Waals surface area contributed by atoms with Gasteiger partial charge in [-0.1, -0.05) is 109 Å². The van der Waals surface area contributed by atoms with E-state index in [4.69, 9.17) is 14.4 Å². The van der Waals surface area contributed by atoms with Gasteiger partial charge in [0.2, 0.25) is 0 Å². The van der Waals surface area contributed by atoms with E-state index in [1.54, 1.807) is 0 Å². The molecule has 4 nitrogen and oxygen atoms in total. The van der Waals surface area contributed by atoms with E-state index < -0.39 is 0 Å². The molecule has 0 atom stereocenters. The lowest BCUT2D eigenvalue weighted by atomic mass is 10.0. The average Bonchev–Trinajstić information content (AvgIpc) is 3.64. The van der Waals surface area contributed by atoms with Crippen molar-refractivity contribution in [1.82, 2.24) is 14.5 Å². The molecule has 0 N–H and O–H groups in total. The number of hydrogen-bond acceptors (Lipinski definition) is 3. The van der Waals surface area contributed by atoms with Crippen LogP contribution in [0.4, 0.5) is 0 Å². The predicted octanol–water partition coefficient (Wildman–Crippen LogP) is 10.5. The van der Waals surface area contributed by atoms with Crippen LogP contribution in [0.25, 0.3) is 83.3 Å². The summed E-state index contributed by atoms with van der Waals surface area (Å²) in [4.78, 5) is 10.3. The Bertz CT molecular complexity index is 2380. The molecule has 9 aromatic rings. The van der Waals surface area contributed by atoms with Gasteiger partial charge >= 0.3 is 0 Å².